The molecule has 0 bridgehead atoms. The monoisotopic (exact) mass is 106 g/mol. The van der Waals surface area contributed by atoms with Gasteiger partial charge in [-0.15, -0.1) is 0 Å². The fourth-order valence-corrected chi connectivity index (χ4v) is 1.74. The van der Waals surface area contributed by atoms with Crippen LogP contribution in [0.1, 0.15) is 0 Å². The van der Waals surface area contributed by atoms with Crippen molar-refractivity contribution in [1.29, 1.82) is 0 Å². The number of thiol groups is 1. The molecule has 0 atom stereocenters. The fraction of sp³-hybridized carbons (Fsp3) is 0.200. The third kappa shape index (κ3) is 1.42. The molecule has 1 aliphatic rings. The van der Waals surface area contributed by atoms with Crippen molar-refractivity contribution in [1.82, 2.24) is 0 Å². The molecule has 1 rings (SSSR count). The summed E-state index contributed by atoms with van der Waals surface area (Å²) in [4.78, 5) is 0. The van der Waals surface area contributed by atoms with E-state index in [1.165, 1.54) is 4.43 Å². The summed E-state index contributed by atoms with van der Waals surface area (Å²) in [5.74, 6) is 0. The van der Waals surface area contributed by atoms with Gasteiger partial charge in [0.05, 0.1) is 0 Å². The van der Waals surface area contributed by atoms with Crippen LogP contribution in [0.15, 0.2) is 23.0 Å². The van der Waals surface area contributed by atoms with Gasteiger partial charge in [0.25, 0.3) is 0 Å². The fourth-order valence-electron chi connectivity index (χ4n) is 0.581. The van der Waals surface area contributed by atoms with E-state index in [4.69, 9.17) is 0 Å². The van der Waals surface area contributed by atoms with Gasteiger partial charge >= 0.3 is 56.0 Å². The maximum absolute atomic E-state index is 2.29. The minimum absolute atomic E-state index is 0.196. The van der Waals surface area contributed by atoms with Crippen LogP contribution in [-0.2, 0) is 0 Å². The Hall–Kier alpha value is 0.427. The van der Waals surface area contributed by atoms with Crippen molar-refractivity contribution in [3.63, 3.8) is 0 Å². The molecule has 0 aromatic rings. The van der Waals surface area contributed by atoms with Crippen molar-refractivity contribution in [2.24, 2.45) is 0 Å². The van der Waals surface area contributed by atoms with E-state index in [-0.39, 0.29) is 10.9 Å². The van der Waals surface area contributed by atoms with Crippen molar-refractivity contribution >= 4 is 28.6 Å². The van der Waals surface area contributed by atoms with Gasteiger partial charge in [0.1, 0.15) is 0 Å². The number of allylic oxidation sites excluding steroid dienone is 2. The minimum atomic E-state index is 0.196. The molecular weight excluding hydrogens is 99.1 g/mol. The van der Waals surface area contributed by atoms with E-state index >= 15 is 0 Å². The Labute approximate surface area is 56.2 Å². The van der Waals surface area contributed by atoms with Gasteiger partial charge in [-0.3, -0.25) is 0 Å². The topological polar surface area (TPSA) is 0 Å². The Morgan fingerprint density at radius 3 is 2.14 bits per heavy atom. The van der Waals surface area contributed by atoms with Gasteiger partial charge in [0.15, 0.2) is 0 Å². The van der Waals surface area contributed by atoms with Crippen LogP contribution in [0.4, 0.5) is 0 Å². The molecule has 0 radical (unpaired) electrons. The molecule has 1 heterocycles. The molecule has 0 saturated heterocycles. The van der Waals surface area contributed by atoms with Crippen LogP contribution in [-0.4, -0.2) is 22.1 Å². The Balaban J connectivity index is 2.44. The van der Waals surface area contributed by atoms with E-state index in [1.807, 2.05) is 0 Å². The van der Waals surface area contributed by atoms with Crippen molar-refractivity contribution < 1.29 is 0 Å². The molecule has 0 unspecified atom stereocenters. The first kappa shape index (κ1) is 5.56. The van der Waals surface area contributed by atoms with Gasteiger partial charge in [-0.2, -0.15) is 0 Å². The number of rotatable bonds is 1. The van der Waals surface area contributed by atoms with Crippen molar-refractivity contribution in [3.8, 4) is 0 Å². The average Bonchev–Trinajstić information content (AvgIpc) is 2.14. The quantitative estimate of drug-likeness (QED) is 0.376. The van der Waals surface area contributed by atoms with Gasteiger partial charge in [-0.05, 0) is 0 Å². The van der Waals surface area contributed by atoms with Crippen LogP contribution in [0.25, 0.3) is 0 Å². The summed E-state index contributed by atoms with van der Waals surface area (Å²) in [6, 6.07) is 0. The Kier molecular flexibility index (Phi) is 2.12. The second-order valence-corrected chi connectivity index (χ2v) is 3.77. The third-order valence-electron chi connectivity index (χ3n) is 1.03. The summed E-state index contributed by atoms with van der Waals surface area (Å²) >= 11 is 2.23. The maximum atomic E-state index is 2.29. The molecule has 0 aromatic heterocycles. The molecule has 34 valence electrons. The summed E-state index contributed by atoms with van der Waals surface area (Å²) in [5, 5.41) is 4.57. The molecule has 0 fully saturated rings. The van der Waals surface area contributed by atoms with Gasteiger partial charge in [0, 0.05) is 0 Å². The summed E-state index contributed by atoms with van der Waals surface area (Å²) < 4.78 is 1.31. The van der Waals surface area contributed by atoms with Gasteiger partial charge in [-0.25, -0.2) is 0 Å². The van der Waals surface area contributed by atoms with E-state index in [0.717, 1.165) is 0 Å². The van der Waals surface area contributed by atoms with Crippen LogP contribution in [0.2, 0.25) is 0 Å². The normalized spacial score (nSPS) is 21.7. The van der Waals surface area contributed by atoms with E-state index in [1.54, 1.807) is 0 Å². The van der Waals surface area contributed by atoms with Crippen LogP contribution < -0.4 is 0 Å². The predicted molar refractivity (Wildman–Crippen MR) is 37.9 cm³/mol. The predicted octanol–water partition coefficient (Wildman–Crippen LogP) is 1.15. The van der Waals surface area contributed by atoms with Crippen molar-refractivity contribution in [2.75, 3.05) is 4.43 Å². The first-order valence-corrected chi connectivity index (χ1v) is 4.20. The van der Waals surface area contributed by atoms with Crippen molar-refractivity contribution in [2.45, 2.75) is 0 Å². The molecule has 0 aromatic carbocycles. The zero-order valence-electron chi connectivity index (χ0n) is 4.46. The second kappa shape index (κ2) is 2.67. The van der Waals surface area contributed by atoms with Crippen LogP contribution >= 0.6 is 10.9 Å². The molecule has 2 heteroatoms. The Morgan fingerprint density at radius 2 is 1.86 bits per heavy atom. The van der Waals surface area contributed by atoms with E-state index < -0.39 is 0 Å². The standard InChI is InChI=1S/C5H7S.Li/c1-6-4-2-3-5-6;/h2-6H,1H2;. The second-order valence-electron chi connectivity index (χ2n) is 1.51. The molecule has 0 nitrogen and oxygen atoms in total. The molecule has 1 aliphatic heterocycles. The first-order valence-electron chi connectivity index (χ1n) is 2.54. The Bertz CT molecular complexity index is 94.6. The van der Waals surface area contributed by atoms with Crippen LogP contribution in [0, 0.1) is 0 Å². The molecule has 7 heavy (non-hydrogen) atoms. The molecule has 0 spiro atoms. The average molecular weight is 106 g/mol. The van der Waals surface area contributed by atoms with E-state index in [0.29, 0.717) is 0 Å². The van der Waals surface area contributed by atoms with Gasteiger partial charge in [-0.1, -0.05) is 0 Å². The SMILES string of the molecule is [Li][CH2][SH]1C=CC=C1. The summed E-state index contributed by atoms with van der Waals surface area (Å²) in [5.41, 5.74) is 0. The van der Waals surface area contributed by atoms with E-state index in [9.17, 15) is 0 Å². The Morgan fingerprint density at radius 1 is 1.29 bits per heavy atom. The summed E-state index contributed by atoms with van der Waals surface area (Å²) in [6.07, 6.45) is 4.27. The zero-order valence-corrected chi connectivity index (χ0v) is 5.36. The first-order chi connectivity index (χ1) is 3.43. The summed E-state index contributed by atoms with van der Waals surface area (Å²) in [7, 11) is 0.196. The number of hydrogen-bond donors (Lipinski definition) is 1. The van der Waals surface area contributed by atoms with Crippen molar-refractivity contribution in [3.05, 3.63) is 23.0 Å². The van der Waals surface area contributed by atoms with Gasteiger partial charge < -0.3 is 0 Å². The molecular formula is C5H7LiS. The third-order valence-corrected chi connectivity index (χ3v) is 2.87. The number of hydrogen-bond acceptors (Lipinski definition) is 0. The molecule has 0 aliphatic carbocycles. The van der Waals surface area contributed by atoms with Gasteiger partial charge in [0.2, 0.25) is 0 Å². The van der Waals surface area contributed by atoms with Crippen LogP contribution in [0.5, 0.6) is 0 Å². The molecule has 0 saturated carbocycles. The van der Waals surface area contributed by atoms with Crippen LogP contribution in [0.3, 0.4) is 0 Å². The zero-order chi connectivity index (χ0) is 5.11. The molecule has 0 N–H and O–H groups in total. The summed E-state index contributed by atoms with van der Waals surface area (Å²) in [6.45, 7) is 0. The van der Waals surface area contributed by atoms with E-state index in [2.05, 4.69) is 40.7 Å². The molecule has 0 amide bonds.